The number of nitrogens with two attached hydrogens (primary N) is 1. The van der Waals surface area contributed by atoms with Crippen LogP contribution in [0.4, 0.5) is 0 Å². The van der Waals surface area contributed by atoms with Crippen molar-refractivity contribution in [2.24, 2.45) is 5.73 Å². The number of allylic oxidation sites excluding steroid dienone is 1. The maximum Gasteiger partial charge on any atom is 0.0479 e. The van der Waals surface area contributed by atoms with E-state index in [1.807, 2.05) is 27.0 Å². The van der Waals surface area contributed by atoms with Gasteiger partial charge in [0.15, 0.2) is 0 Å². The highest BCUT2D eigenvalue weighted by molar-refractivity contribution is 5.03. The molecule has 0 rings (SSSR count). The van der Waals surface area contributed by atoms with E-state index in [2.05, 4.69) is 10.8 Å². The van der Waals surface area contributed by atoms with E-state index in [4.69, 9.17) is 10.9 Å². The predicted octanol–water partition coefficient (Wildman–Crippen LogP) is -0.196. The number of hydrogen-bond donors (Lipinski definition) is 4. The van der Waals surface area contributed by atoms with Crippen molar-refractivity contribution in [2.45, 2.75) is 25.9 Å². The molecule has 0 aromatic heterocycles. The van der Waals surface area contributed by atoms with Crippen LogP contribution in [0.1, 0.15) is 13.8 Å². The Bertz CT molecular complexity index is 136. The van der Waals surface area contributed by atoms with Crippen LogP contribution >= 0.6 is 0 Å². The molecular formula is C7H17N3O. The summed E-state index contributed by atoms with van der Waals surface area (Å²) in [6, 6.07) is -0.300. The first-order valence-electron chi connectivity index (χ1n) is 3.63. The maximum atomic E-state index is 8.51. The van der Waals surface area contributed by atoms with Gasteiger partial charge in [-0.3, -0.25) is 0 Å². The van der Waals surface area contributed by atoms with Crippen molar-refractivity contribution in [1.29, 1.82) is 0 Å². The lowest BCUT2D eigenvalue weighted by atomic mass is 10.1. The highest BCUT2D eigenvalue weighted by Gasteiger charge is 2.07. The van der Waals surface area contributed by atoms with Crippen molar-refractivity contribution in [3.63, 3.8) is 0 Å². The Labute approximate surface area is 67.4 Å². The molecule has 5 N–H and O–H groups in total. The molecule has 2 unspecified atom stereocenters. The molecular weight excluding hydrogens is 142 g/mol. The Hall–Kier alpha value is -0.580. The molecule has 4 heteroatoms. The highest BCUT2D eigenvalue weighted by Crippen LogP contribution is 1.93. The number of hydroxylamine groups is 1. The molecule has 2 atom stereocenters. The summed E-state index contributed by atoms with van der Waals surface area (Å²) in [6.45, 7) is 3.73. The lowest BCUT2D eigenvalue weighted by molar-refractivity contribution is 0.127. The summed E-state index contributed by atoms with van der Waals surface area (Å²) >= 11 is 0. The lowest BCUT2D eigenvalue weighted by Crippen LogP contribution is -2.40. The second-order valence-corrected chi connectivity index (χ2v) is 2.59. The molecule has 4 nitrogen and oxygen atoms in total. The minimum atomic E-state index is -0.174. The standard InChI is InChI=1S/C7H17N3O/c1-5(9-3)4-7(8)6(2)10-11/h4,6-7,9-11H,8H2,1-3H3. The zero-order valence-corrected chi connectivity index (χ0v) is 7.26. The summed E-state index contributed by atoms with van der Waals surface area (Å²) in [4.78, 5) is 0. The Balaban J connectivity index is 3.93. The summed E-state index contributed by atoms with van der Waals surface area (Å²) < 4.78 is 0. The fraction of sp³-hybridized carbons (Fsp3) is 0.714. The van der Waals surface area contributed by atoms with Crippen LogP contribution in [0.5, 0.6) is 0 Å². The maximum absolute atomic E-state index is 8.51. The molecule has 0 fully saturated rings. The Morgan fingerprint density at radius 2 is 2.18 bits per heavy atom. The van der Waals surface area contributed by atoms with Gasteiger partial charge in [0.05, 0.1) is 0 Å². The van der Waals surface area contributed by atoms with Crippen molar-refractivity contribution >= 4 is 0 Å². The van der Waals surface area contributed by atoms with Gasteiger partial charge in [0, 0.05) is 24.8 Å². The highest BCUT2D eigenvalue weighted by atomic mass is 16.5. The van der Waals surface area contributed by atoms with Crippen LogP contribution < -0.4 is 16.5 Å². The summed E-state index contributed by atoms with van der Waals surface area (Å²) in [5, 5.41) is 11.5. The zero-order valence-electron chi connectivity index (χ0n) is 7.26. The Morgan fingerprint density at radius 3 is 2.55 bits per heavy atom. The molecule has 0 aromatic carbocycles. The zero-order chi connectivity index (χ0) is 8.85. The molecule has 0 spiro atoms. The van der Waals surface area contributed by atoms with Crippen molar-refractivity contribution in [3.8, 4) is 0 Å². The van der Waals surface area contributed by atoms with E-state index in [0.29, 0.717) is 0 Å². The molecule has 0 amide bonds. The summed E-state index contributed by atoms with van der Waals surface area (Å²) in [7, 11) is 1.83. The first-order chi connectivity index (χ1) is 5.11. The quantitative estimate of drug-likeness (QED) is 0.429. The van der Waals surface area contributed by atoms with Gasteiger partial charge in [-0.05, 0) is 19.9 Å². The molecule has 0 heterocycles. The lowest BCUT2D eigenvalue weighted by Gasteiger charge is -2.15. The van der Waals surface area contributed by atoms with Crippen LogP contribution in [-0.2, 0) is 0 Å². The van der Waals surface area contributed by atoms with Crippen molar-refractivity contribution in [2.75, 3.05) is 7.05 Å². The third kappa shape index (κ3) is 3.98. The molecule has 0 aromatic rings. The Kier molecular flexibility index (Phi) is 4.85. The monoisotopic (exact) mass is 159 g/mol. The summed E-state index contributed by atoms with van der Waals surface area (Å²) in [6.07, 6.45) is 1.86. The first kappa shape index (κ1) is 10.4. The first-order valence-corrected chi connectivity index (χ1v) is 3.63. The van der Waals surface area contributed by atoms with Crippen LogP contribution in [0.15, 0.2) is 11.8 Å². The fourth-order valence-electron chi connectivity index (χ4n) is 0.602. The molecule has 0 radical (unpaired) electrons. The van der Waals surface area contributed by atoms with Gasteiger partial charge in [-0.1, -0.05) is 0 Å². The van der Waals surface area contributed by atoms with E-state index >= 15 is 0 Å². The van der Waals surface area contributed by atoms with Gasteiger partial charge < -0.3 is 16.3 Å². The van der Waals surface area contributed by atoms with Crippen molar-refractivity contribution in [1.82, 2.24) is 10.8 Å². The van der Waals surface area contributed by atoms with Gasteiger partial charge in [0.25, 0.3) is 0 Å². The van der Waals surface area contributed by atoms with E-state index in [1.54, 1.807) is 0 Å². The molecule has 0 aliphatic carbocycles. The molecule has 0 aliphatic rings. The average Bonchev–Trinajstić information content (AvgIpc) is 2.02. The van der Waals surface area contributed by atoms with Gasteiger partial charge in [0.2, 0.25) is 0 Å². The van der Waals surface area contributed by atoms with Crippen molar-refractivity contribution < 1.29 is 5.21 Å². The third-order valence-corrected chi connectivity index (χ3v) is 1.62. The minimum Gasteiger partial charge on any atom is -0.392 e. The topological polar surface area (TPSA) is 70.3 Å². The van der Waals surface area contributed by atoms with Crippen LogP contribution in [0, 0.1) is 0 Å². The van der Waals surface area contributed by atoms with E-state index in [-0.39, 0.29) is 12.1 Å². The normalized spacial score (nSPS) is 17.7. The van der Waals surface area contributed by atoms with Crippen LogP contribution in [-0.4, -0.2) is 24.3 Å². The summed E-state index contributed by atoms with van der Waals surface area (Å²) in [5.74, 6) is 0. The smallest absolute Gasteiger partial charge is 0.0479 e. The molecule has 0 aliphatic heterocycles. The number of rotatable bonds is 4. The predicted molar refractivity (Wildman–Crippen MR) is 45.2 cm³/mol. The molecule has 66 valence electrons. The third-order valence-electron chi connectivity index (χ3n) is 1.62. The second-order valence-electron chi connectivity index (χ2n) is 2.59. The number of hydrogen-bond acceptors (Lipinski definition) is 4. The van der Waals surface area contributed by atoms with Crippen LogP contribution in [0.2, 0.25) is 0 Å². The van der Waals surface area contributed by atoms with Gasteiger partial charge in [-0.2, -0.15) is 0 Å². The second kappa shape index (κ2) is 5.12. The van der Waals surface area contributed by atoms with E-state index in [0.717, 1.165) is 5.70 Å². The van der Waals surface area contributed by atoms with Gasteiger partial charge >= 0.3 is 0 Å². The van der Waals surface area contributed by atoms with E-state index < -0.39 is 0 Å². The van der Waals surface area contributed by atoms with Crippen LogP contribution in [0.3, 0.4) is 0 Å². The Morgan fingerprint density at radius 1 is 1.64 bits per heavy atom. The molecule has 0 saturated heterocycles. The van der Waals surface area contributed by atoms with Gasteiger partial charge in [0.1, 0.15) is 0 Å². The van der Waals surface area contributed by atoms with Crippen LogP contribution in [0.25, 0.3) is 0 Å². The molecule has 11 heavy (non-hydrogen) atoms. The van der Waals surface area contributed by atoms with E-state index in [9.17, 15) is 0 Å². The van der Waals surface area contributed by atoms with Crippen molar-refractivity contribution in [3.05, 3.63) is 11.8 Å². The van der Waals surface area contributed by atoms with Gasteiger partial charge in [-0.25, -0.2) is 5.48 Å². The molecule has 0 saturated carbocycles. The summed E-state index contributed by atoms with van der Waals surface area (Å²) in [5.41, 5.74) is 8.76. The number of nitrogens with one attached hydrogen (secondary N) is 2. The largest absolute Gasteiger partial charge is 0.392 e. The SMILES string of the molecule is CNC(C)=CC(N)C(C)NO. The fourth-order valence-corrected chi connectivity index (χ4v) is 0.602. The van der Waals surface area contributed by atoms with Gasteiger partial charge in [-0.15, -0.1) is 0 Å². The minimum absolute atomic E-state index is 0.127. The average molecular weight is 159 g/mol. The molecule has 0 bridgehead atoms. The van der Waals surface area contributed by atoms with E-state index in [1.165, 1.54) is 0 Å².